The predicted molar refractivity (Wildman–Crippen MR) is 87.7 cm³/mol. The van der Waals surface area contributed by atoms with Crippen molar-refractivity contribution in [2.45, 2.75) is 51.0 Å². The largest absolute Gasteiger partial charge is 0.444 e. The fourth-order valence-electron chi connectivity index (χ4n) is 2.65. The lowest BCUT2D eigenvalue weighted by Crippen LogP contribution is -2.42. The second-order valence-electron chi connectivity index (χ2n) is 6.88. The van der Waals surface area contributed by atoms with Gasteiger partial charge in [-0.1, -0.05) is 0 Å². The molecule has 1 aliphatic heterocycles. The summed E-state index contributed by atoms with van der Waals surface area (Å²) in [6.07, 6.45) is 4.21. The Morgan fingerprint density at radius 1 is 1.35 bits per heavy atom. The molecule has 0 spiro atoms. The van der Waals surface area contributed by atoms with Gasteiger partial charge >= 0.3 is 6.09 Å². The van der Waals surface area contributed by atoms with Gasteiger partial charge in [-0.15, -0.1) is 0 Å². The minimum Gasteiger partial charge on any atom is -0.444 e. The summed E-state index contributed by atoms with van der Waals surface area (Å²) in [5.74, 6) is -0.0667. The molecule has 0 saturated carbocycles. The summed E-state index contributed by atoms with van der Waals surface area (Å²) in [6.45, 7) is 5.95. The molecule has 0 radical (unpaired) electrons. The smallest absolute Gasteiger partial charge is 0.410 e. The number of aromatic nitrogens is 1. The van der Waals surface area contributed by atoms with E-state index in [1.54, 1.807) is 50.2 Å². The number of likely N-dealkylation sites (tertiary alicyclic amines) is 1. The molecular formula is C16H24N2O4S. The lowest BCUT2D eigenvalue weighted by Gasteiger charge is -2.28. The van der Waals surface area contributed by atoms with Crippen LogP contribution in [0.3, 0.4) is 0 Å². The average molecular weight is 340 g/mol. The molecule has 0 N–H and O–H groups in total. The first-order valence-corrected chi connectivity index (χ1v) is 9.57. The quantitative estimate of drug-likeness (QED) is 0.841. The Labute approximate surface area is 137 Å². The van der Waals surface area contributed by atoms with Crippen molar-refractivity contribution in [3.05, 3.63) is 30.1 Å². The number of pyridine rings is 1. The fraction of sp³-hybridized carbons (Fsp3) is 0.625. The molecule has 1 aliphatic rings. The zero-order chi connectivity index (χ0) is 17.1. The molecular weight excluding hydrogens is 316 g/mol. The highest BCUT2D eigenvalue weighted by molar-refractivity contribution is 7.90. The van der Waals surface area contributed by atoms with Crippen LogP contribution in [-0.4, -0.2) is 48.3 Å². The summed E-state index contributed by atoms with van der Waals surface area (Å²) in [6, 6.07) is 3.08. The van der Waals surface area contributed by atoms with Crippen molar-refractivity contribution >= 4 is 15.9 Å². The third-order valence-electron chi connectivity index (χ3n) is 3.59. The number of carbonyl (C=O) groups is 1. The van der Waals surface area contributed by atoms with Crippen molar-refractivity contribution in [1.29, 1.82) is 0 Å². The first kappa shape index (κ1) is 17.7. The molecule has 1 atom stereocenters. The number of nitrogens with zero attached hydrogens (tertiary/aromatic N) is 2. The second kappa shape index (κ2) is 6.86. The van der Waals surface area contributed by atoms with Crippen LogP contribution in [0.25, 0.3) is 0 Å². The second-order valence-corrected chi connectivity index (χ2v) is 8.99. The van der Waals surface area contributed by atoms with Crippen LogP contribution in [0, 0.1) is 0 Å². The highest BCUT2D eigenvalue weighted by Gasteiger charge is 2.34. The third kappa shape index (κ3) is 5.49. The van der Waals surface area contributed by atoms with E-state index in [-0.39, 0.29) is 17.5 Å². The van der Waals surface area contributed by atoms with E-state index in [2.05, 4.69) is 4.98 Å². The minimum atomic E-state index is -3.31. The maximum atomic E-state index is 12.4. The molecule has 0 bridgehead atoms. The van der Waals surface area contributed by atoms with Gasteiger partial charge in [0.1, 0.15) is 5.60 Å². The highest BCUT2D eigenvalue weighted by Crippen LogP contribution is 2.23. The Morgan fingerprint density at radius 3 is 2.61 bits per heavy atom. The Kier molecular flexibility index (Phi) is 5.29. The topological polar surface area (TPSA) is 76.6 Å². The van der Waals surface area contributed by atoms with Crippen molar-refractivity contribution in [2.24, 2.45) is 0 Å². The van der Waals surface area contributed by atoms with Crippen LogP contribution in [0.5, 0.6) is 0 Å². The molecule has 1 aromatic rings. The van der Waals surface area contributed by atoms with Gasteiger partial charge in [-0.05, 0) is 51.3 Å². The predicted octanol–water partition coefficient (Wildman–Crippen LogP) is 2.40. The van der Waals surface area contributed by atoms with Crippen molar-refractivity contribution < 1.29 is 17.9 Å². The summed E-state index contributed by atoms with van der Waals surface area (Å²) in [4.78, 5) is 17.7. The lowest BCUT2D eigenvalue weighted by atomic mass is 10.2. The van der Waals surface area contributed by atoms with Crippen LogP contribution < -0.4 is 0 Å². The molecule has 23 heavy (non-hydrogen) atoms. The van der Waals surface area contributed by atoms with E-state index in [1.807, 2.05) is 0 Å². The van der Waals surface area contributed by atoms with E-state index >= 15 is 0 Å². The zero-order valence-electron chi connectivity index (χ0n) is 13.9. The molecule has 1 fully saturated rings. The first-order chi connectivity index (χ1) is 10.7. The van der Waals surface area contributed by atoms with Crippen molar-refractivity contribution in [3.63, 3.8) is 0 Å². The minimum absolute atomic E-state index is 0.0332. The van der Waals surface area contributed by atoms with E-state index < -0.39 is 21.5 Å². The van der Waals surface area contributed by atoms with Gasteiger partial charge in [-0.25, -0.2) is 13.2 Å². The van der Waals surface area contributed by atoms with Gasteiger partial charge in [-0.2, -0.15) is 0 Å². The van der Waals surface area contributed by atoms with Crippen molar-refractivity contribution in [2.75, 3.05) is 12.3 Å². The normalized spacial score (nSPS) is 18.9. The van der Waals surface area contributed by atoms with Gasteiger partial charge in [0.05, 0.1) is 11.5 Å². The maximum absolute atomic E-state index is 12.4. The SMILES string of the molecule is CC(C)(C)OC(=O)N1CCC[C@H]1CS(=O)(=O)Cc1ccncc1. The summed E-state index contributed by atoms with van der Waals surface area (Å²) >= 11 is 0. The van der Waals surface area contributed by atoms with Crippen molar-refractivity contribution in [1.82, 2.24) is 9.88 Å². The summed E-state index contributed by atoms with van der Waals surface area (Å²) in [5, 5.41) is 0. The molecule has 7 heteroatoms. The van der Waals surface area contributed by atoms with Gasteiger partial charge in [0.15, 0.2) is 9.84 Å². The van der Waals surface area contributed by atoms with Crippen molar-refractivity contribution in [3.8, 4) is 0 Å². The van der Waals surface area contributed by atoms with E-state index in [1.165, 1.54) is 0 Å². The maximum Gasteiger partial charge on any atom is 0.410 e. The highest BCUT2D eigenvalue weighted by atomic mass is 32.2. The lowest BCUT2D eigenvalue weighted by molar-refractivity contribution is 0.0241. The van der Waals surface area contributed by atoms with Crippen LogP contribution in [0.4, 0.5) is 4.79 Å². The van der Waals surface area contributed by atoms with Gasteiger partial charge in [0, 0.05) is 25.0 Å². The molecule has 0 aliphatic carbocycles. The Bertz CT molecular complexity index is 638. The molecule has 2 rings (SSSR count). The summed E-state index contributed by atoms with van der Waals surface area (Å²) in [5.41, 5.74) is 0.127. The molecule has 6 nitrogen and oxygen atoms in total. The molecule has 2 heterocycles. The number of carbonyl (C=O) groups excluding carboxylic acids is 1. The zero-order valence-corrected chi connectivity index (χ0v) is 14.7. The number of amides is 1. The van der Waals surface area contributed by atoms with Gasteiger partial charge in [0.25, 0.3) is 0 Å². The van der Waals surface area contributed by atoms with Crippen LogP contribution in [0.2, 0.25) is 0 Å². The fourth-order valence-corrected chi connectivity index (χ4v) is 4.41. The molecule has 128 valence electrons. The van der Waals surface area contributed by atoms with E-state index in [0.717, 1.165) is 6.42 Å². The van der Waals surface area contributed by atoms with E-state index in [9.17, 15) is 13.2 Å². The van der Waals surface area contributed by atoms with Gasteiger partial charge < -0.3 is 9.64 Å². The van der Waals surface area contributed by atoms with E-state index in [0.29, 0.717) is 18.5 Å². The Morgan fingerprint density at radius 2 is 2.00 bits per heavy atom. The molecule has 0 unspecified atom stereocenters. The number of hydrogen-bond acceptors (Lipinski definition) is 5. The van der Waals surface area contributed by atoms with Crippen LogP contribution in [0.15, 0.2) is 24.5 Å². The molecule has 1 aromatic heterocycles. The number of ether oxygens (including phenoxy) is 1. The number of rotatable bonds is 4. The molecule has 1 amide bonds. The van der Waals surface area contributed by atoms with Gasteiger partial charge in [-0.3, -0.25) is 4.98 Å². The molecule has 1 saturated heterocycles. The first-order valence-electron chi connectivity index (χ1n) is 7.75. The Balaban J connectivity index is 2.01. The van der Waals surface area contributed by atoms with Crippen LogP contribution >= 0.6 is 0 Å². The van der Waals surface area contributed by atoms with Crippen LogP contribution in [0.1, 0.15) is 39.2 Å². The molecule has 0 aromatic carbocycles. The van der Waals surface area contributed by atoms with Crippen LogP contribution in [-0.2, 0) is 20.3 Å². The number of hydrogen-bond donors (Lipinski definition) is 0. The number of sulfone groups is 1. The monoisotopic (exact) mass is 340 g/mol. The average Bonchev–Trinajstić information content (AvgIpc) is 2.84. The van der Waals surface area contributed by atoms with Gasteiger partial charge in [0.2, 0.25) is 0 Å². The standard InChI is InChI=1S/C16H24N2O4S/c1-16(2,3)22-15(19)18-10-4-5-14(18)12-23(20,21)11-13-6-8-17-9-7-13/h6-9,14H,4-5,10-12H2,1-3H3/t14-/m0/s1. The van der Waals surface area contributed by atoms with E-state index in [4.69, 9.17) is 4.74 Å². The Hall–Kier alpha value is -1.63. The summed E-state index contributed by atoms with van der Waals surface area (Å²) in [7, 11) is -3.31. The summed E-state index contributed by atoms with van der Waals surface area (Å²) < 4.78 is 30.2. The third-order valence-corrected chi connectivity index (χ3v) is 5.25.